The Hall–Kier alpha value is -1.35. The van der Waals surface area contributed by atoms with Gasteiger partial charge in [-0.05, 0) is 51.3 Å². The van der Waals surface area contributed by atoms with Crippen molar-refractivity contribution >= 4 is 6.41 Å². The summed E-state index contributed by atoms with van der Waals surface area (Å²) >= 11 is 0. The molecule has 17 heavy (non-hydrogen) atoms. The third-order valence-electron chi connectivity index (χ3n) is 2.64. The molecule has 1 fully saturated rings. The molecule has 0 bridgehead atoms. The van der Waals surface area contributed by atoms with Gasteiger partial charge in [0.1, 0.15) is 0 Å². The molecule has 1 saturated heterocycles. The van der Waals surface area contributed by atoms with Crippen LogP contribution in [0.1, 0.15) is 33.6 Å². The van der Waals surface area contributed by atoms with E-state index in [0.29, 0.717) is 6.41 Å². The number of rotatable bonds is 4. The molecule has 3 nitrogen and oxygen atoms in total. The number of hydrogen-bond donors (Lipinski definition) is 2. The number of carbonyl (C=O) groups is 1. The molecule has 1 aliphatic rings. The first kappa shape index (κ1) is 15.7. The number of hydrogen-bond acceptors (Lipinski definition) is 2. The van der Waals surface area contributed by atoms with E-state index in [-0.39, 0.29) is 0 Å². The van der Waals surface area contributed by atoms with Gasteiger partial charge in [-0.3, -0.25) is 4.79 Å². The molecule has 0 saturated carbocycles. The average molecular weight is 236 g/mol. The van der Waals surface area contributed by atoms with Crippen molar-refractivity contribution in [1.82, 2.24) is 10.6 Å². The summed E-state index contributed by atoms with van der Waals surface area (Å²) in [5.74, 6) is 0. The molecule has 0 spiro atoms. The Bertz CT molecular complexity index is 299. The highest BCUT2D eigenvalue weighted by atomic mass is 16.1. The molecule has 0 aromatic carbocycles. The second kappa shape index (κ2) is 8.76. The Labute approximate surface area is 105 Å². The van der Waals surface area contributed by atoms with Gasteiger partial charge < -0.3 is 10.6 Å². The van der Waals surface area contributed by atoms with Crippen LogP contribution in [0.2, 0.25) is 0 Å². The minimum atomic E-state index is 0.636. The summed E-state index contributed by atoms with van der Waals surface area (Å²) in [5, 5.41) is 5.88. The summed E-state index contributed by atoms with van der Waals surface area (Å²) in [4.78, 5) is 10.1. The standard InChI is InChI=1S/C9H13NO.C5H11N/c1-5-8(4)9(7(2)3)10-6-11;1-5-3-2-4-6-5/h5-6H,1-2H2,3-4H3,(H,10,11);5-6H,2-4H2,1H3/b9-8+;. The summed E-state index contributed by atoms with van der Waals surface area (Å²) in [7, 11) is 0. The van der Waals surface area contributed by atoms with E-state index >= 15 is 0 Å². The third kappa shape index (κ3) is 6.74. The normalized spacial score (nSPS) is 19.6. The Kier molecular flexibility index (Phi) is 8.07. The fourth-order valence-corrected chi connectivity index (χ4v) is 1.59. The minimum Gasteiger partial charge on any atom is -0.328 e. The van der Waals surface area contributed by atoms with Crippen molar-refractivity contribution in [1.29, 1.82) is 0 Å². The van der Waals surface area contributed by atoms with Crippen molar-refractivity contribution in [2.75, 3.05) is 6.54 Å². The molecule has 3 heteroatoms. The van der Waals surface area contributed by atoms with Crippen LogP contribution in [0.3, 0.4) is 0 Å². The molecular weight excluding hydrogens is 212 g/mol. The Morgan fingerprint density at radius 3 is 2.35 bits per heavy atom. The topological polar surface area (TPSA) is 41.1 Å². The molecule has 1 heterocycles. The Morgan fingerprint density at radius 1 is 1.47 bits per heavy atom. The fourth-order valence-electron chi connectivity index (χ4n) is 1.59. The molecule has 2 N–H and O–H groups in total. The molecule has 1 unspecified atom stereocenters. The van der Waals surface area contributed by atoms with E-state index in [4.69, 9.17) is 0 Å². The number of carbonyl (C=O) groups excluding carboxylic acids is 1. The number of amides is 1. The predicted octanol–water partition coefficient (Wildman–Crippen LogP) is 2.53. The molecule has 1 aliphatic heterocycles. The van der Waals surface area contributed by atoms with Crippen LogP contribution in [-0.2, 0) is 4.79 Å². The van der Waals surface area contributed by atoms with E-state index in [1.807, 2.05) is 13.8 Å². The van der Waals surface area contributed by atoms with Crippen molar-refractivity contribution in [3.05, 3.63) is 36.1 Å². The fraction of sp³-hybridized carbons (Fsp3) is 0.500. The van der Waals surface area contributed by atoms with Gasteiger partial charge in [-0.2, -0.15) is 0 Å². The van der Waals surface area contributed by atoms with E-state index in [2.05, 4.69) is 30.7 Å². The zero-order chi connectivity index (χ0) is 13.3. The summed E-state index contributed by atoms with van der Waals surface area (Å²) < 4.78 is 0. The van der Waals surface area contributed by atoms with E-state index in [9.17, 15) is 4.79 Å². The third-order valence-corrected chi connectivity index (χ3v) is 2.64. The van der Waals surface area contributed by atoms with Gasteiger partial charge in [-0.15, -0.1) is 0 Å². The van der Waals surface area contributed by atoms with Crippen molar-refractivity contribution in [3.63, 3.8) is 0 Å². The van der Waals surface area contributed by atoms with Crippen molar-refractivity contribution in [3.8, 4) is 0 Å². The van der Waals surface area contributed by atoms with Crippen LogP contribution in [0.4, 0.5) is 0 Å². The van der Waals surface area contributed by atoms with E-state index in [1.165, 1.54) is 19.4 Å². The highest BCUT2D eigenvalue weighted by molar-refractivity contribution is 5.54. The molecule has 0 radical (unpaired) electrons. The SMILES string of the molecule is C=C/C(C)=C(/NC=O)C(=C)C.CC1CCCN1. The van der Waals surface area contributed by atoms with Gasteiger partial charge >= 0.3 is 0 Å². The Morgan fingerprint density at radius 2 is 2.12 bits per heavy atom. The van der Waals surface area contributed by atoms with Crippen LogP contribution >= 0.6 is 0 Å². The molecule has 1 atom stereocenters. The van der Waals surface area contributed by atoms with Gasteiger partial charge in [-0.1, -0.05) is 19.2 Å². The molecular formula is C14H24N2O. The van der Waals surface area contributed by atoms with Gasteiger partial charge in [-0.25, -0.2) is 0 Å². The lowest BCUT2D eigenvalue weighted by atomic mass is 10.1. The van der Waals surface area contributed by atoms with E-state index in [0.717, 1.165) is 22.9 Å². The maximum atomic E-state index is 10.1. The number of allylic oxidation sites excluding steroid dienone is 3. The first-order valence-corrected chi connectivity index (χ1v) is 5.95. The lowest BCUT2D eigenvalue weighted by molar-refractivity contribution is -0.108. The van der Waals surface area contributed by atoms with Crippen LogP contribution in [0.25, 0.3) is 0 Å². The van der Waals surface area contributed by atoms with Crippen molar-refractivity contribution < 1.29 is 4.79 Å². The van der Waals surface area contributed by atoms with Gasteiger partial charge in [0, 0.05) is 11.7 Å². The van der Waals surface area contributed by atoms with E-state index < -0.39 is 0 Å². The summed E-state index contributed by atoms with van der Waals surface area (Å²) in [6.45, 7) is 14.5. The highest BCUT2D eigenvalue weighted by Crippen LogP contribution is 2.08. The minimum absolute atomic E-state index is 0.636. The summed E-state index contributed by atoms with van der Waals surface area (Å²) in [6, 6.07) is 0.796. The predicted molar refractivity (Wildman–Crippen MR) is 73.6 cm³/mol. The van der Waals surface area contributed by atoms with Gasteiger partial charge in [0.15, 0.2) is 0 Å². The first-order valence-electron chi connectivity index (χ1n) is 5.95. The van der Waals surface area contributed by atoms with Crippen LogP contribution < -0.4 is 10.6 Å². The smallest absolute Gasteiger partial charge is 0.211 e. The van der Waals surface area contributed by atoms with Crippen LogP contribution in [0, 0.1) is 0 Å². The molecule has 0 aromatic heterocycles. The molecule has 0 aromatic rings. The largest absolute Gasteiger partial charge is 0.328 e. The van der Waals surface area contributed by atoms with Crippen molar-refractivity contribution in [2.45, 2.75) is 39.7 Å². The molecule has 1 rings (SSSR count). The van der Waals surface area contributed by atoms with Crippen molar-refractivity contribution in [2.24, 2.45) is 0 Å². The molecule has 0 aliphatic carbocycles. The van der Waals surface area contributed by atoms with Crippen LogP contribution in [0.5, 0.6) is 0 Å². The van der Waals surface area contributed by atoms with E-state index in [1.54, 1.807) is 6.08 Å². The second-order valence-electron chi connectivity index (χ2n) is 4.30. The zero-order valence-electron chi connectivity index (χ0n) is 11.2. The number of nitrogens with one attached hydrogen (secondary N) is 2. The summed E-state index contributed by atoms with van der Waals surface area (Å²) in [5.41, 5.74) is 2.49. The zero-order valence-corrected chi connectivity index (χ0v) is 11.2. The average Bonchev–Trinajstić information content (AvgIpc) is 2.76. The monoisotopic (exact) mass is 236 g/mol. The lowest BCUT2D eigenvalue weighted by Gasteiger charge is -2.06. The van der Waals surface area contributed by atoms with Gasteiger partial charge in [0.05, 0.1) is 0 Å². The quantitative estimate of drug-likeness (QED) is 0.582. The first-order chi connectivity index (χ1) is 8.02. The maximum Gasteiger partial charge on any atom is 0.211 e. The van der Waals surface area contributed by atoms with Gasteiger partial charge in [0.2, 0.25) is 6.41 Å². The highest BCUT2D eigenvalue weighted by Gasteiger charge is 2.05. The lowest BCUT2D eigenvalue weighted by Crippen LogP contribution is -2.16. The molecule has 96 valence electrons. The molecule has 1 amide bonds. The maximum absolute atomic E-state index is 10.1. The van der Waals surface area contributed by atoms with Gasteiger partial charge in [0.25, 0.3) is 0 Å². The van der Waals surface area contributed by atoms with Crippen LogP contribution in [-0.4, -0.2) is 19.0 Å². The summed E-state index contributed by atoms with van der Waals surface area (Å²) in [6.07, 6.45) is 5.07. The second-order valence-corrected chi connectivity index (χ2v) is 4.30. The Balaban J connectivity index is 0.000000354. The van der Waals surface area contributed by atoms with Crippen LogP contribution in [0.15, 0.2) is 36.1 Å².